The summed E-state index contributed by atoms with van der Waals surface area (Å²) >= 11 is 0. The quantitative estimate of drug-likeness (QED) is 0.589. The smallest absolute Gasteiger partial charge is 0.322 e. The fourth-order valence-electron chi connectivity index (χ4n) is 4.61. The molecule has 0 bridgehead atoms. The second kappa shape index (κ2) is 9.82. The van der Waals surface area contributed by atoms with Gasteiger partial charge >= 0.3 is 6.03 Å². The van der Waals surface area contributed by atoms with Crippen molar-refractivity contribution >= 4 is 39.0 Å². The Hall–Kier alpha value is -3.07. The monoisotopic (exact) mass is 470 g/mol. The SMILES string of the molecule is CS(=O)(=O)Nc1cccc2c1CCN(C(=O)Nc1ccc(NC(=O)CC3CCCC3)cc1)C2. The van der Waals surface area contributed by atoms with Gasteiger partial charge in [0, 0.05) is 30.9 Å². The predicted molar refractivity (Wildman–Crippen MR) is 130 cm³/mol. The zero-order valence-corrected chi connectivity index (χ0v) is 19.6. The van der Waals surface area contributed by atoms with Crippen LogP contribution in [0.25, 0.3) is 0 Å². The van der Waals surface area contributed by atoms with Crippen molar-refractivity contribution in [1.29, 1.82) is 0 Å². The van der Waals surface area contributed by atoms with Gasteiger partial charge in [0.25, 0.3) is 0 Å². The molecule has 0 unspecified atom stereocenters. The predicted octanol–water partition coefficient (Wildman–Crippen LogP) is 4.17. The number of hydrogen-bond acceptors (Lipinski definition) is 4. The molecule has 2 aliphatic rings. The first-order chi connectivity index (χ1) is 15.8. The summed E-state index contributed by atoms with van der Waals surface area (Å²) in [5, 5.41) is 5.83. The van der Waals surface area contributed by atoms with E-state index in [1.807, 2.05) is 6.07 Å². The summed E-state index contributed by atoms with van der Waals surface area (Å²) in [5.41, 5.74) is 3.77. The largest absolute Gasteiger partial charge is 0.326 e. The van der Waals surface area contributed by atoms with E-state index in [0.717, 1.165) is 30.2 Å². The minimum Gasteiger partial charge on any atom is -0.326 e. The van der Waals surface area contributed by atoms with Crippen LogP contribution in [0.1, 0.15) is 43.2 Å². The zero-order valence-electron chi connectivity index (χ0n) is 18.8. The number of carbonyl (C=O) groups excluding carboxylic acids is 2. The second-order valence-corrected chi connectivity index (χ2v) is 10.6. The molecule has 0 aromatic heterocycles. The van der Waals surface area contributed by atoms with Crippen LogP contribution >= 0.6 is 0 Å². The molecule has 1 aliphatic carbocycles. The van der Waals surface area contributed by atoms with E-state index in [1.165, 1.54) is 12.8 Å². The molecular weight excluding hydrogens is 440 g/mol. The molecular formula is C24H30N4O4S. The molecule has 0 atom stereocenters. The van der Waals surface area contributed by atoms with E-state index in [1.54, 1.807) is 41.3 Å². The number of amides is 3. The molecule has 33 heavy (non-hydrogen) atoms. The molecule has 0 radical (unpaired) electrons. The number of nitrogens with zero attached hydrogens (tertiary/aromatic N) is 1. The number of nitrogens with one attached hydrogen (secondary N) is 3. The molecule has 9 heteroatoms. The van der Waals surface area contributed by atoms with Crippen molar-refractivity contribution in [3.8, 4) is 0 Å². The fraction of sp³-hybridized carbons (Fsp3) is 0.417. The third-order valence-electron chi connectivity index (χ3n) is 6.22. The summed E-state index contributed by atoms with van der Waals surface area (Å²) in [6, 6.07) is 12.3. The molecule has 1 aliphatic heterocycles. The molecule has 8 nitrogen and oxygen atoms in total. The molecule has 0 saturated heterocycles. The van der Waals surface area contributed by atoms with Crippen LogP contribution in [0.3, 0.4) is 0 Å². The lowest BCUT2D eigenvalue weighted by Gasteiger charge is -2.30. The van der Waals surface area contributed by atoms with Crippen LogP contribution in [0, 0.1) is 5.92 Å². The van der Waals surface area contributed by atoms with E-state index in [-0.39, 0.29) is 11.9 Å². The minimum absolute atomic E-state index is 0.0374. The molecule has 2 aromatic rings. The molecule has 4 rings (SSSR count). The Morgan fingerprint density at radius 1 is 1.00 bits per heavy atom. The average Bonchev–Trinajstić information content (AvgIpc) is 3.27. The van der Waals surface area contributed by atoms with E-state index in [4.69, 9.17) is 0 Å². The maximum absolute atomic E-state index is 12.8. The highest BCUT2D eigenvalue weighted by atomic mass is 32.2. The molecule has 3 N–H and O–H groups in total. The van der Waals surface area contributed by atoms with Crippen molar-refractivity contribution in [3.05, 3.63) is 53.6 Å². The zero-order chi connectivity index (χ0) is 23.4. The second-order valence-electron chi connectivity index (χ2n) is 8.90. The number of urea groups is 1. The summed E-state index contributed by atoms with van der Waals surface area (Å²) in [6.07, 6.45) is 6.95. The van der Waals surface area contributed by atoms with Gasteiger partial charge < -0.3 is 15.5 Å². The van der Waals surface area contributed by atoms with Crippen molar-refractivity contribution in [3.63, 3.8) is 0 Å². The Bertz CT molecular complexity index is 1130. The van der Waals surface area contributed by atoms with Crippen LogP contribution in [-0.4, -0.2) is 38.1 Å². The van der Waals surface area contributed by atoms with E-state index < -0.39 is 10.0 Å². The number of benzene rings is 2. The third kappa shape index (κ3) is 6.25. The van der Waals surface area contributed by atoms with Gasteiger partial charge in [-0.2, -0.15) is 0 Å². The summed E-state index contributed by atoms with van der Waals surface area (Å²) < 4.78 is 25.8. The van der Waals surface area contributed by atoms with Gasteiger partial charge in [-0.3, -0.25) is 9.52 Å². The van der Waals surface area contributed by atoms with Gasteiger partial charge in [0.05, 0.1) is 11.9 Å². The number of fused-ring (bicyclic) bond motifs is 1. The number of anilines is 3. The Kier molecular flexibility index (Phi) is 6.88. The van der Waals surface area contributed by atoms with Crippen LogP contribution in [-0.2, 0) is 27.8 Å². The van der Waals surface area contributed by atoms with E-state index in [0.29, 0.717) is 48.9 Å². The van der Waals surface area contributed by atoms with Crippen molar-refractivity contribution in [2.24, 2.45) is 5.92 Å². The van der Waals surface area contributed by atoms with E-state index >= 15 is 0 Å². The summed E-state index contributed by atoms with van der Waals surface area (Å²) in [6.45, 7) is 0.881. The van der Waals surface area contributed by atoms with Gasteiger partial charge in [-0.1, -0.05) is 25.0 Å². The number of sulfonamides is 1. The highest BCUT2D eigenvalue weighted by molar-refractivity contribution is 7.92. The van der Waals surface area contributed by atoms with Crippen molar-refractivity contribution < 1.29 is 18.0 Å². The molecule has 176 valence electrons. The lowest BCUT2D eigenvalue weighted by atomic mass is 9.98. The molecule has 1 saturated carbocycles. The van der Waals surface area contributed by atoms with Crippen molar-refractivity contribution in [2.45, 2.75) is 45.1 Å². The maximum Gasteiger partial charge on any atom is 0.322 e. The molecule has 0 spiro atoms. The topological polar surface area (TPSA) is 108 Å². The standard InChI is InChI=1S/C24H30N4O4S/c1-33(31,32)27-22-8-4-7-18-16-28(14-13-21(18)22)24(30)26-20-11-9-19(10-12-20)25-23(29)15-17-5-2-3-6-17/h4,7-12,17,27H,2-3,5-6,13-16H2,1H3,(H,25,29)(H,26,30). The van der Waals surface area contributed by atoms with Crippen LogP contribution in [0.2, 0.25) is 0 Å². The van der Waals surface area contributed by atoms with Gasteiger partial charge in [0.1, 0.15) is 0 Å². The minimum atomic E-state index is -3.37. The Balaban J connectivity index is 1.32. The lowest BCUT2D eigenvalue weighted by Crippen LogP contribution is -2.39. The van der Waals surface area contributed by atoms with Gasteiger partial charge in [-0.05, 0) is 66.6 Å². The number of hydrogen-bond donors (Lipinski definition) is 3. The molecule has 1 heterocycles. The summed E-state index contributed by atoms with van der Waals surface area (Å²) in [4.78, 5) is 26.7. The van der Waals surface area contributed by atoms with Gasteiger partial charge in [0.2, 0.25) is 15.9 Å². The molecule has 3 amide bonds. The highest BCUT2D eigenvalue weighted by Gasteiger charge is 2.23. The Morgan fingerprint density at radius 3 is 2.33 bits per heavy atom. The van der Waals surface area contributed by atoms with E-state index in [2.05, 4.69) is 15.4 Å². The number of rotatable bonds is 6. The van der Waals surface area contributed by atoms with Gasteiger partial charge in [-0.15, -0.1) is 0 Å². The van der Waals surface area contributed by atoms with Crippen LogP contribution in [0.15, 0.2) is 42.5 Å². The number of carbonyl (C=O) groups is 2. The van der Waals surface area contributed by atoms with Crippen LogP contribution < -0.4 is 15.4 Å². The third-order valence-corrected chi connectivity index (χ3v) is 6.81. The maximum atomic E-state index is 12.8. The summed E-state index contributed by atoms with van der Waals surface area (Å²) in [7, 11) is -3.37. The molecule has 1 fully saturated rings. The highest BCUT2D eigenvalue weighted by Crippen LogP contribution is 2.29. The molecule has 2 aromatic carbocycles. The van der Waals surface area contributed by atoms with Crippen LogP contribution in [0.4, 0.5) is 21.9 Å². The first kappa shape index (κ1) is 23.1. The first-order valence-corrected chi connectivity index (χ1v) is 13.2. The Labute approximate surface area is 194 Å². The van der Waals surface area contributed by atoms with E-state index in [9.17, 15) is 18.0 Å². The Morgan fingerprint density at radius 2 is 1.67 bits per heavy atom. The summed E-state index contributed by atoms with van der Waals surface area (Å²) in [5.74, 6) is 0.534. The van der Waals surface area contributed by atoms with Gasteiger partial charge in [-0.25, -0.2) is 13.2 Å². The lowest BCUT2D eigenvalue weighted by molar-refractivity contribution is -0.117. The first-order valence-electron chi connectivity index (χ1n) is 11.3. The normalized spacial score (nSPS) is 16.2. The van der Waals surface area contributed by atoms with Crippen molar-refractivity contribution in [1.82, 2.24) is 4.90 Å². The van der Waals surface area contributed by atoms with Crippen molar-refractivity contribution in [2.75, 3.05) is 28.2 Å². The fourth-order valence-corrected chi connectivity index (χ4v) is 5.20. The van der Waals surface area contributed by atoms with Gasteiger partial charge in [0.15, 0.2) is 0 Å². The average molecular weight is 471 g/mol. The van der Waals surface area contributed by atoms with Crippen LogP contribution in [0.5, 0.6) is 0 Å².